The lowest BCUT2D eigenvalue weighted by atomic mass is 10.2. The van der Waals surface area contributed by atoms with Gasteiger partial charge in [0.25, 0.3) is 5.91 Å². The van der Waals surface area contributed by atoms with Gasteiger partial charge in [-0.15, -0.1) is 11.3 Å². The first-order valence-electron chi connectivity index (χ1n) is 7.73. The van der Waals surface area contributed by atoms with E-state index >= 15 is 0 Å². The predicted molar refractivity (Wildman–Crippen MR) is 99.5 cm³/mol. The molecule has 1 aromatic carbocycles. The Labute approximate surface area is 148 Å². The maximum atomic E-state index is 12.8. The summed E-state index contributed by atoms with van der Waals surface area (Å²) in [6.45, 7) is 0. The second kappa shape index (κ2) is 6.41. The van der Waals surface area contributed by atoms with E-state index in [9.17, 15) is 4.79 Å². The Hall–Kier alpha value is -3.12. The molecule has 0 aliphatic carbocycles. The van der Waals surface area contributed by atoms with Crippen molar-refractivity contribution in [3.63, 3.8) is 0 Å². The third-order valence-electron chi connectivity index (χ3n) is 3.87. The van der Waals surface area contributed by atoms with E-state index in [0.29, 0.717) is 17.1 Å². The molecule has 0 atom stereocenters. The fourth-order valence-electron chi connectivity index (χ4n) is 2.71. The first-order chi connectivity index (χ1) is 12.3. The quantitative estimate of drug-likeness (QED) is 0.597. The van der Waals surface area contributed by atoms with Gasteiger partial charge in [-0.05, 0) is 35.7 Å². The molecule has 6 heteroatoms. The van der Waals surface area contributed by atoms with Gasteiger partial charge in [0.05, 0.1) is 17.6 Å². The highest BCUT2D eigenvalue weighted by molar-refractivity contribution is 7.13. The van der Waals surface area contributed by atoms with Crippen LogP contribution in [0, 0.1) is 0 Å². The van der Waals surface area contributed by atoms with Crippen molar-refractivity contribution in [2.24, 2.45) is 0 Å². The summed E-state index contributed by atoms with van der Waals surface area (Å²) in [5.74, 6) is 0.946. The van der Waals surface area contributed by atoms with Crippen LogP contribution in [0.1, 0.15) is 10.4 Å². The van der Waals surface area contributed by atoms with E-state index in [2.05, 4.69) is 10.3 Å². The summed E-state index contributed by atoms with van der Waals surface area (Å²) < 4.78 is 7.17. The summed E-state index contributed by atoms with van der Waals surface area (Å²) >= 11 is 1.58. The second-order valence-electron chi connectivity index (χ2n) is 5.37. The van der Waals surface area contributed by atoms with E-state index in [-0.39, 0.29) is 5.91 Å². The molecule has 4 rings (SSSR count). The minimum atomic E-state index is -0.235. The molecule has 0 spiro atoms. The minimum absolute atomic E-state index is 0.235. The molecule has 1 N–H and O–H groups in total. The predicted octanol–water partition coefficient (Wildman–Crippen LogP) is 4.32. The number of ether oxygens (including phenoxy) is 1. The zero-order chi connectivity index (χ0) is 17.2. The van der Waals surface area contributed by atoms with E-state index in [1.54, 1.807) is 30.6 Å². The van der Waals surface area contributed by atoms with Crippen molar-refractivity contribution in [2.45, 2.75) is 0 Å². The molecule has 3 aromatic heterocycles. The molecule has 0 aliphatic heterocycles. The van der Waals surface area contributed by atoms with Gasteiger partial charge in [-0.25, -0.2) is 4.98 Å². The molecule has 0 unspecified atom stereocenters. The van der Waals surface area contributed by atoms with Crippen molar-refractivity contribution in [3.8, 4) is 16.3 Å². The van der Waals surface area contributed by atoms with Gasteiger partial charge in [0, 0.05) is 6.20 Å². The SMILES string of the molecule is COc1ccccc1C(=O)Nc1c(-c2cccs2)nc2ccccn12. The van der Waals surface area contributed by atoms with Crippen molar-refractivity contribution in [3.05, 3.63) is 71.7 Å². The third kappa shape index (κ3) is 2.77. The number of hydrogen-bond donors (Lipinski definition) is 1. The Bertz CT molecular complexity index is 1040. The van der Waals surface area contributed by atoms with Gasteiger partial charge in [-0.3, -0.25) is 9.20 Å². The molecule has 0 aliphatic rings. The van der Waals surface area contributed by atoms with Crippen LogP contribution in [0.4, 0.5) is 5.82 Å². The lowest BCUT2D eigenvalue weighted by molar-refractivity contribution is 0.102. The number of rotatable bonds is 4. The molecule has 0 saturated carbocycles. The molecule has 124 valence electrons. The lowest BCUT2D eigenvalue weighted by Crippen LogP contribution is -2.15. The Morgan fingerprint density at radius 2 is 1.96 bits per heavy atom. The maximum absolute atomic E-state index is 12.8. The largest absolute Gasteiger partial charge is 0.496 e. The number of thiophene rings is 1. The van der Waals surface area contributed by atoms with E-state index in [1.807, 2.05) is 58.4 Å². The van der Waals surface area contributed by atoms with Crippen LogP contribution in [0.2, 0.25) is 0 Å². The Morgan fingerprint density at radius 1 is 1.12 bits per heavy atom. The normalized spacial score (nSPS) is 10.8. The molecule has 0 saturated heterocycles. The van der Waals surface area contributed by atoms with Crippen LogP contribution in [0.3, 0.4) is 0 Å². The molecule has 25 heavy (non-hydrogen) atoms. The molecule has 0 fully saturated rings. The van der Waals surface area contributed by atoms with Crippen LogP contribution in [0.15, 0.2) is 66.2 Å². The number of carbonyl (C=O) groups excluding carboxylic acids is 1. The van der Waals surface area contributed by atoms with Gasteiger partial charge < -0.3 is 10.1 Å². The number of imidazole rings is 1. The van der Waals surface area contributed by atoms with Crippen molar-refractivity contribution < 1.29 is 9.53 Å². The van der Waals surface area contributed by atoms with E-state index in [1.165, 1.54) is 0 Å². The zero-order valence-corrected chi connectivity index (χ0v) is 14.3. The number of nitrogens with zero attached hydrogens (tertiary/aromatic N) is 2. The van der Waals surface area contributed by atoms with Crippen molar-refractivity contribution >= 4 is 28.7 Å². The van der Waals surface area contributed by atoms with Crippen molar-refractivity contribution in [1.82, 2.24) is 9.38 Å². The second-order valence-corrected chi connectivity index (χ2v) is 6.32. The van der Waals surface area contributed by atoms with Crippen molar-refractivity contribution in [2.75, 3.05) is 12.4 Å². The Morgan fingerprint density at radius 3 is 2.76 bits per heavy atom. The van der Waals surface area contributed by atoms with Gasteiger partial charge in [-0.1, -0.05) is 24.3 Å². The number of methoxy groups -OCH3 is 1. The number of hydrogen-bond acceptors (Lipinski definition) is 4. The van der Waals surface area contributed by atoms with E-state index in [0.717, 1.165) is 16.2 Å². The van der Waals surface area contributed by atoms with Crippen molar-refractivity contribution in [1.29, 1.82) is 0 Å². The average Bonchev–Trinajstić information content (AvgIpc) is 3.30. The standard InChI is InChI=1S/C19H15N3O2S/c1-24-14-8-3-2-7-13(14)19(23)21-18-17(15-9-6-12-25-15)20-16-10-4-5-11-22(16)18/h2-12H,1H3,(H,21,23). The van der Waals surface area contributed by atoms with Gasteiger partial charge in [0.1, 0.15) is 22.9 Å². The summed E-state index contributed by atoms with van der Waals surface area (Å²) in [5, 5.41) is 4.99. The summed E-state index contributed by atoms with van der Waals surface area (Å²) in [6.07, 6.45) is 1.89. The van der Waals surface area contributed by atoms with Gasteiger partial charge in [0.15, 0.2) is 0 Å². The average molecular weight is 349 g/mol. The summed E-state index contributed by atoms with van der Waals surface area (Å²) in [7, 11) is 1.55. The lowest BCUT2D eigenvalue weighted by Gasteiger charge is -2.10. The number of nitrogens with one attached hydrogen (secondary N) is 1. The van der Waals surface area contributed by atoms with Crippen LogP contribution in [-0.2, 0) is 0 Å². The summed E-state index contributed by atoms with van der Waals surface area (Å²) in [6, 6.07) is 16.9. The summed E-state index contributed by atoms with van der Waals surface area (Å²) in [4.78, 5) is 18.5. The number of benzene rings is 1. The van der Waals surface area contributed by atoms with Crippen LogP contribution in [-0.4, -0.2) is 22.4 Å². The molecule has 3 heterocycles. The number of anilines is 1. The highest BCUT2D eigenvalue weighted by Gasteiger charge is 2.19. The van der Waals surface area contributed by atoms with Gasteiger partial charge in [-0.2, -0.15) is 0 Å². The van der Waals surface area contributed by atoms with Crippen LogP contribution < -0.4 is 10.1 Å². The van der Waals surface area contributed by atoms with Gasteiger partial charge >= 0.3 is 0 Å². The summed E-state index contributed by atoms with van der Waals surface area (Å²) in [5.41, 5.74) is 2.01. The molecule has 0 radical (unpaired) electrons. The monoisotopic (exact) mass is 349 g/mol. The topological polar surface area (TPSA) is 55.6 Å². The van der Waals surface area contributed by atoms with E-state index < -0.39 is 0 Å². The third-order valence-corrected chi connectivity index (χ3v) is 4.74. The fourth-order valence-corrected chi connectivity index (χ4v) is 3.42. The number of pyridine rings is 1. The van der Waals surface area contributed by atoms with E-state index in [4.69, 9.17) is 4.74 Å². The molecular weight excluding hydrogens is 334 g/mol. The highest BCUT2D eigenvalue weighted by atomic mass is 32.1. The molecular formula is C19H15N3O2S. The van der Waals surface area contributed by atoms with Gasteiger partial charge in [0.2, 0.25) is 0 Å². The number of amides is 1. The number of aromatic nitrogens is 2. The zero-order valence-electron chi connectivity index (χ0n) is 13.5. The smallest absolute Gasteiger partial charge is 0.260 e. The molecule has 1 amide bonds. The molecule has 4 aromatic rings. The van der Waals surface area contributed by atoms with Crippen LogP contribution in [0.25, 0.3) is 16.2 Å². The first-order valence-corrected chi connectivity index (χ1v) is 8.61. The number of fused-ring (bicyclic) bond motifs is 1. The molecule has 0 bridgehead atoms. The first kappa shape index (κ1) is 15.4. The Balaban J connectivity index is 1.81. The minimum Gasteiger partial charge on any atom is -0.496 e. The fraction of sp³-hybridized carbons (Fsp3) is 0.0526. The number of carbonyl (C=O) groups is 1. The maximum Gasteiger partial charge on any atom is 0.260 e. The highest BCUT2D eigenvalue weighted by Crippen LogP contribution is 2.32. The number of para-hydroxylation sites is 1. The van der Waals surface area contributed by atoms with Crippen LogP contribution >= 0.6 is 11.3 Å². The van der Waals surface area contributed by atoms with Crippen LogP contribution in [0.5, 0.6) is 5.75 Å². The Kier molecular flexibility index (Phi) is 3.95. The molecule has 5 nitrogen and oxygen atoms in total.